The van der Waals surface area contributed by atoms with Crippen LogP contribution in [0.25, 0.3) is 0 Å². The van der Waals surface area contributed by atoms with Gasteiger partial charge in [0.2, 0.25) is 0 Å². The predicted molar refractivity (Wildman–Crippen MR) is 124 cm³/mol. The van der Waals surface area contributed by atoms with Crippen LogP contribution in [0.5, 0.6) is 0 Å². The fraction of sp³-hybridized carbons (Fsp3) is 0.208. The third-order valence-electron chi connectivity index (χ3n) is 4.90. The summed E-state index contributed by atoms with van der Waals surface area (Å²) in [6.07, 6.45) is 0. The first-order valence-corrected chi connectivity index (χ1v) is 10.4. The molecule has 0 saturated carbocycles. The first-order valence-electron chi connectivity index (χ1n) is 9.68. The molecule has 0 saturated heterocycles. The van der Waals surface area contributed by atoms with Crippen molar-refractivity contribution in [3.8, 4) is 0 Å². The molecule has 0 unspecified atom stereocenters. The predicted octanol–water partition coefficient (Wildman–Crippen LogP) is 6.88. The first kappa shape index (κ1) is 21.2. The van der Waals surface area contributed by atoms with Gasteiger partial charge in [0.05, 0.1) is 0 Å². The van der Waals surface area contributed by atoms with Crippen molar-refractivity contribution in [2.45, 2.75) is 19.9 Å². The molecular formula is C24H24Cl2N2O. The molecule has 0 spiro atoms. The second-order valence-electron chi connectivity index (χ2n) is 6.72. The van der Waals surface area contributed by atoms with Crippen LogP contribution < -0.4 is 10.2 Å². The Labute approximate surface area is 182 Å². The number of carbonyl (C=O) groups excluding carboxylic acids is 1. The monoisotopic (exact) mass is 426 g/mol. The zero-order valence-corrected chi connectivity index (χ0v) is 18.0. The molecule has 0 aliphatic heterocycles. The van der Waals surface area contributed by atoms with Crippen LogP contribution in [0.4, 0.5) is 11.4 Å². The van der Waals surface area contributed by atoms with Crippen molar-refractivity contribution in [2.24, 2.45) is 0 Å². The van der Waals surface area contributed by atoms with Crippen molar-refractivity contribution in [3.05, 3.63) is 94.0 Å². The zero-order chi connectivity index (χ0) is 20.8. The highest BCUT2D eigenvalue weighted by Crippen LogP contribution is 2.27. The summed E-state index contributed by atoms with van der Waals surface area (Å²) in [5, 5.41) is 4.62. The summed E-state index contributed by atoms with van der Waals surface area (Å²) < 4.78 is 0. The average Bonchev–Trinajstić information content (AvgIpc) is 2.75. The molecule has 0 heterocycles. The van der Waals surface area contributed by atoms with Gasteiger partial charge in [-0.3, -0.25) is 4.79 Å². The van der Waals surface area contributed by atoms with E-state index in [4.69, 9.17) is 23.2 Å². The van der Waals surface area contributed by atoms with Gasteiger partial charge in [-0.2, -0.15) is 0 Å². The molecule has 0 bridgehead atoms. The van der Waals surface area contributed by atoms with Gasteiger partial charge >= 0.3 is 0 Å². The van der Waals surface area contributed by atoms with Crippen molar-refractivity contribution in [2.75, 3.05) is 23.3 Å². The second-order valence-corrected chi connectivity index (χ2v) is 7.59. The number of anilines is 2. The van der Waals surface area contributed by atoms with E-state index >= 15 is 0 Å². The highest BCUT2D eigenvalue weighted by molar-refractivity contribution is 6.31. The van der Waals surface area contributed by atoms with Gasteiger partial charge in [-0.05, 0) is 80.1 Å². The lowest BCUT2D eigenvalue weighted by Crippen LogP contribution is -2.22. The molecule has 0 amide bonds. The van der Waals surface area contributed by atoms with Gasteiger partial charge in [-0.25, -0.2) is 0 Å². The summed E-state index contributed by atoms with van der Waals surface area (Å²) in [4.78, 5) is 15.5. The van der Waals surface area contributed by atoms with E-state index in [9.17, 15) is 4.79 Å². The van der Waals surface area contributed by atoms with E-state index in [0.717, 1.165) is 30.0 Å². The Kier molecular flexibility index (Phi) is 7.18. The molecule has 3 rings (SSSR count). The molecule has 0 aliphatic rings. The van der Waals surface area contributed by atoms with E-state index < -0.39 is 6.04 Å². The van der Waals surface area contributed by atoms with Gasteiger partial charge < -0.3 is 10.2 Å². The number of hydrogen-bond donors (Lipinski definition) is 1. The van der Waals surface area contributed by atoms with Crippen LogP contribution in [0.3, 0.4) is 0 Å². The number of hydrogen-bond acceptors (Lipinski definition) is 3. The lowest BCUT2D eigenvalue weighted by Gasteiger charge is -2.23. The van der Waals surface area contributed by atoms with E-state index in [2.05, 4.69) is 36.2 Å². The second kappa shape index (κ2) is 9.82. The van der Waals surface area contributed by atoms with Crippen molar-refractivity contribution in [3.63, 3.8) is 0 Å². The number of nitrogens with zero attached hydrogens (tertiary/aromatic N) is 1. The number of nitrogens with one attached hydrogen (secondary N) is 1. The fourth-order valence-corrected chi connectivity index (χ4v) is 3.51. The van der Waals surface area contributed by atoms with Gasteiger partial charge in [-0.15, -0.1) is 0 Å². The number of halogens is 2. The van der Waals surface area contributed by atoms with Crippen LogP contribution in [0, 0.1) is 0 Å². The van der Waals surface area contributed by atoms with E-state index in [-0.39, 0.29) is 5.78 Å². The zero-order valence-electron chi connectivity index (χ0n) is 16.5. The molecule has 0 aliphatic carbocycles. The average molecular weight is 427 g/mol. The van der Waals surface area contributed by atoms with Gasteiger partial charge in [0.15, 0.2) is 5.78 Å². The maximum atomic E-state index is 13.3. The lowest BCUT2D eigenvalue weighted by molar-refractivity contribution is 0.0969. The number of benzene rings is 3. The minimum atomic E-state index is -0.534. The molecular weight excluding hydrogens is 403 g/mol. The van der Waals surface area contributed by atoms with Gasteiger partial charge in [0, 0.05) is 40.1 Å². The van der Waals surface area contributed by atoms with Crippen LogP contribution >= 0.6 is 23.2 Å². The SMILES string of the molecule is CCN(CC)c1ccc(N[C@@H](C(=O)c2ccc(Cl)cc2)c2ccc(Cl)cc2)cc1. The van der Waals surface area contributed by atoms with Gasteiger partial charge in [0.25, 0.3) is 0 Å². The molecule has 0 fully saturated rings. The minimum Gasteiger partial charge on any atom is -0.372 e. The summed E-state index contributed by atoms with van der Waals surface area (Å²) in [7, 11) is 0. The van der Waals surface area contributed by atoms with E-state index in [1.54, 1.807) is 36.4 Å². The number of carbonyl (C=O) groups is 1. The van der Waals surface area contributed by atoms with Crippen LogP contribution in [0.1, 0.15) is 35.8 Å². The summed E-state index contributed by atoms with van der Waals surface area (Å²) in [6.45, 7) is 6.17. The highest BCUT2D eigenvalue weighted by atomic mass is 35.5. The quantitative estimate of drug-likeness (QED) is 0.398. The molecule has 3 aromatic carbocycles. The van der Waals surface area contributed by atoms with Crippen molar-refractivity contribution in [1.82, 2.24) is 0 Å². The molecule has 3 nitrogen and oxygen atoms in total. The highest BCUT2D eigenvalue weighted by Gasteiger charge is 2.22. The standard InChI is InChI=1S/C24H24Cl2N2O/c1-3-28(4-2)22-15-13-21(14-16-22)27-23(17-5-9-19(25)10-6-17)24(29)18-7-11-20(26)12-8-18/h5-16,23,27H,3-4H2,1-2H3/t23-/m1/s1. The normalized spacial score (nSPS) is 11.7. The Balaban J connectivity index is 1.90. The van der Waals surface area contributed by atoms with Crippen molar-refractivity contribution >= 4 is 40.4 Å². The number of ketones is 1. The lowest BCUT2D eigenvalue weighted by atomic mass is 9.97. The maximum absolute atomic E-state index is 13.3. The van der Waals surface area contributed by atoms with Gasteiger partial charge in [0.1, 0.15) is 6.04 Å². The molecule has 5 heteroatoms. The van der Waals surface area contributed by atoms with Crippen LogP contribution in [-0.4, -0.2) is 18.9 Å². The smallest absolute Gasteiger partial charge is 0.189 e. The molecule has 29 heavy (non-hydrogen) atoms. The third-order valence-corrected chi connectivity index (χ3v) is 5.41. The number of rotatable bonds is 8. The molecule has 0 aromatic heterocycles. The van der Waals surface area contributed by atoms with Gasteiger partial charge in [-0.1, -0.05) is 35.3 Å². The third kappa shape index (κ3) is 5.31. The Morgan fingerprint density at radius 1 is 0.828 bits per heavy atom. The van der Waals surface area contributed by atoms with E-state index in [1.165, 1.54) is 0 Å². The molecule has 0 radical (unpaired) electrons. The maximum Gasteiger partial charge on any atom is 0.189 e. The Hall–Kier alpha value is -2.49. The molecule has 3 aromatic rings. The molecule has 1 N–H and O–H groups in total. The summed E-state index contributed by atoms with van der Waals surface area (Å²) in [5.41, 5.74) is 3.49. The van der Waals surface area contributed by atoms with Crippen molar-refractivity contribution < 1.29 is 4.79 Å². The first-order chi connectivity index (χ1) is 14.0. The Bertz CT molecular complexity index is 934. The van der Waals surface area contributed by atoms with E-state index in [1.807, 2.05) is 24.3 Å². The number of Topliss-reactive ketones (excluding diaryl/α,β-unsaturated/α-hetero) is 1. The summed E-state index contributed by atoms with van der Waals surface area (Å²) in [6, 6.07) is 21.9. The van der Waals surface area contributed by atoms with E-state index in [0.29, 0.717) is 15.6 Å². The van der Waals surface area contributed by atoms with Crippen LogP contribution in [0.15, 0.2) is 72.8 Å². The summed E-state index contributed by atoms with van der Waals surface area (Å²) >= 11 is 12.0. The van der Waals surface area contributed by atoms with Crippen LogP contribution in [-0.2, 0) is 0 Å². The Morgan fingerprint density at radius 3 is 1.86 bits per heavy atom. The Morgan fingerprint density at radius 2 is 1.34 bits per heavy atom. The summed E-state index contributed by atoms with van der Waals surface area (Å²) in [5.74, 6) is -0.0307. The molecule has 150 valence electrons. The van der Waals surface area contributed by atoms with Crippen LogP contribution in [0.2, 0.25) is 10.0 Å². The minimum absolute atomic E-state index is 0.0307. The fourth-order valence-electron chi connectivity index (χ4n) is 3.26. The topological polar surface area (TPSA) is 32.3 Å². The molecule has 1 atom stereocenters. The largest absolute Gasteiger partial charge is 0.372 e. The van der Waals surface area contributed by atoms with Crippen molar-refractivity contribution in [1.29, 1.82) is 0 Å².